The molecule has 0 radical (unpaired) electrons. The van der Waals surface area contributed by atoms with E-state index >= 15 is 0 Å². The zero-order valence-corrected chi connectivity index (χ0v) is 12.9. The maximum absolute atomic E-state index is 6.06. The molecule has 0 amide bonds. The first-order valence-electron chi connectivity index (χ1n) is 7.27. The molecule has 3 nitrogen and oxygen atoms in total. The van der Waals surface area contributed by atoms with Gasteiger partial charge in [0.05, 0.1) is 0 Å². The van der Waals surface area contributed by atoms with E-state index < -0.39 is 0 Å². The van der Waals surface area contributed by atoms with Crippen LogP contribution in [0.3, 0.4) is 0 Å². The quantitative estimate of drug-likeness (QED) is 0.642. The zero-order valence-electron chi connectivity index (χ0n) is 12.2. The monoisotopic (exact) mass is 293 g/mol. The molecule has 0 aromatic heterocycles. The number of nitrogens with zero attached hydrogens (tertiary/aromatic N) is 2. The van der Waals surface area contributed by atoms with Gasteiger partial charge in [-0.15, -0.1) is 6.58 Å². The van der Waals surface area contributed by atoms with Crippen LogP contribution in [0.25, 0.3) is 0 Å². The van der Waals surface area contributed by atoms with Gasteiger partial charge in [-0.05, 0) is 25.1 Å². The third-order valence-electron chi connectivity index (χ3n) is 3.84. The highest BCUT2D eigenvalue weighted by Gasteiger charge is 2.20. The van der Waals surface area contributed by atoms with Crippen molar-refractivity contribution in [2.75, 3.05) is 44.2 Å². The Balaban J connectivity index is 1.81. The average Bonchev–Trinajstić information content (AvgIpc) is 2.47. The fourth-order valence-corrected chi connectivity index (χ4v) is 2.80. The molecule has 2 rings (SSSR count). The number of piperazine rings is 1. The first-order chi connectivity index (χ1) is 9.70. The molecule has 4 heteroatoms. The summed E-state index contributed by atoms with van der Waals surface area (Å²) in [6, 6.07) is 8.69. The van der Waals surface area contributed by atoms with Crippen LogP contribution in [0, 0.1) is 0 Å². The molecule has 0 saturated carbocycles. The minimum absolute atomic E-state index is 0.566. The van der Waals surface area contributed by atoms with Crippen LogP contribution in [0.2, 0.25) is 5.02 Å². The van der Waals surface area contributed by atoms with Crippen LogP contribution < -0.4 is 10.2 Å². The van der Waals surface area contributed by atoms with Gasteiger partial charge in [-0.2, -0.15) is 0 Å². The van der Waals surface area contributed by atoms with Crippen molar-refractivity contribution in [2.24, 2.45) is 0 Å². The summed E-state index contributed by atoms with van der Waals surface area (Å²) in [4.78, 5) is 4.95. The summed E-state index contributed by atoms with van der Waals surface area (Å²) in [6.45, 7) is 12.2. The van der Waals surface area contributed by atoms with Gasteiger partial charge in [0.1, 0.15) is 0 Å². The van der Waals surface area contributed by atoms with Crippen molar-refractivity contribution in [1.29, 1.82) is 0 Å². The Labute approximate surface area is 127 Å². The second kappa shape index (κ2) is 7.67. The number of benzene rings is 1. The third kappa shape index (κ3) is 4.23. The standard InChI is InChI=1S/C16H24ClN3/c1-3-7-18-13-14(2)19-8-10-20(11-9-19)16-6-4-5-15(17)12-16/h3-6,12,14,18H,1,7-11,13H2,2H3. The van der Waals surface area contributed by atoms with Crippen molar-refractivity contribution >= 4 is 17.3 Å². The van der Waals surface area contributed by atoms with Gasteiger partial charge in [0, 0.05) is 56.0 Å². The summed E-state index contributed by atoms with van der Waals surface area (Å²) >= 11 is 6.06. The molecule has 0 bridgehead atoms. The SMILES string of the molecule is C=CCNCC(C)N1CCN(c2cccc(Cl)c2)CC1. The molecule has 20 heavy (non-hydrogen) atoms. The van der Waals surface area contributed by atoms with Crippen LogP contribution >= 0.6 is 11.6 Å². The molecule has 0 spiro atoms. The predicted octanol–water partition coefficient (Wildman–Crippen LogP) is 2.63. The van der Waals surface area contributed by atoms with Crippen LogP contribution in [0.5, 0.6) is 0 Å². The van der Waals surface area contributed by atoms with Gasteiger partial charge in [0.15, 0.2) is 0 Å². The normalized spacial score (nSPS) is 18.0. The summed E-state index contributed by atoms with van der Waals surface area (Å²) in [5.41, 5.74) is 1.23. The molecule has 0 aliphatic carbocycles. The van der Waals surface area contributed by atoms with E-state index in [-0.39, 0.29) is 0 Å². The molecule has 1 saturated heterocycles. The van der Waals surface area contributed by atoms with E-state index in [4.69, 9.17) is 11.6 Å². The molecule has 1 fully saturated rings. The Morgan fingerprint density at radius 1 is 1.35 bits per heavy atom. The molecule has 1 aliphatic rings. The zero-order chi connectivity index (χ0) is 14.4. The maximum atomic E-state index is 6.06. The number of halogens is 1. The van der Waals surface area contributed by atoms with Crippen molar-refractivity contribution in [3.63, 3.8) is 0 Å². The second-order valence-electron chi connectivity index (χ2n) is 5.30. The molecular weight excluding hydrogens is 270 g/mol. The molecule has 1 aliphatic heterocycles. The number of anilines is 1. The largest absolute Gasteiger partial charge is 0.369 e. The average molecular weight is 294 g/mol. The molecule has 1 atom stereocenters. The van der Waals surface area contributed by atoms with Crippen LogP contribution in [0.15, 0.2) is 36.9 Å². The first kappa shape index (κ1) is 15.4. The van der Waals surface area contributed by atoms with Crippen molar-refractivity contribution in [3.05, 3.63) is 41.9 Å². The van der Waals surface area contributed by atoms with Crippen LogP contribution in [0.1, 0.15) is 6.92 Å². The Kier molecular flexibility index (Phi) is 5.89. The number of hydrogen-bond acceptors (Lipinski definition) is 3. The lowest BCUT2D eigenvalue weighted by molar-refractivity contribution is 0.194. The molecule has 110 valence electrons. The minimum atomic E-state index is 0.566. The van der Waals surface area contributed by atoms with E-state index in [0.717, 1.165) is 44.3 Å². The van der Waals surface area contributed by atoms with E-state index in [1.807, 2.05) is 24.3 Å². The van der Waals surface area contributed by atoms with E-state index in [9.17, 15) is 0 Å². The van der Waals surface area contributed by atoms with Crippen molar-refractivity contribution < 1.29 is 0 Å². The molecule has 1 heterocycles. The van der Waals surface area contributed by atoms with Gasteiger partial charge in [-0.25, -0.2) is 0 Å². The topological polar surface area (TPSA) is 18.5 Å². The number of nitrogens with one attached hydrogen (secondary N) is 1. The summed E-state index contributed by atoms with van der Waals surface area (Å²) < 4.78 is 0. The summed E-state index contributed by atoms with van der Waals surface area (Å²) in [6.07, 6.45) is 1.91. The lowest BCUT2D eigenvalue weighted by atomic mass is 10.2. The highest BCUT2D eigenvalue weighted by Crippen LogP contribution is 2.21. The number of hydrogen-bond donors (Lipinski definition) is 1. The number of rotatable bonds is 6. The van der Waals surface area contributed by atoms with Gasteiger partial charge in [-0.3, -0.25) is 4.90 Å². The summed E-state index contributed by atoms with van der Waals surface area (Å²) in [5, 5.41) is 4.20. The molecule has 1 N–H and O–H groups in total. The molecule has 1 aromatic rings. The van der Waals surface area contributed by atoms with Gasteiger partial charge >= 0.3 is 0 Å². The fraction of sp³-hybridized carbons (Fsp3) is 0.500. The Hall–Kier alpha value is -1.03. The molecule has 1 unspecified atom stereocenters. The van der Waals surface area contributed by atoms with Gasteiger partial charge in [-0.1, -0.05) is 23.7 Å². The highest BCUT2D eigenvalue weighted by atomic mass is 35.5. The van der Waals surface area contributed by atoms with E-state index in [2.05, 4.69) is 34.7 Å². The lowest BCUT2D eigenvalue weighted by Gasteiger charge is -2.39. The van der Waals surface area contributed by atoms with Crippen molar-refractivity contribution in [3.8, 4) is 0 Å². The lowest BCUT2D eigenvalue weighted by Crippen LogP contribution is -2.52. The minimum Gasteiger partial charge on any atom is -0.369 e. The fourth-order valence-electron chi connectivity index (χ4n) is 2.62. The second-order valence-corrected chi connectivity index (χ2v) is 5.74. The maximum Gasteiger partial charge on any atom is 0.0426 e. The Bertz CT molecular complexity index is 427. The van der Waals surface area contributed by atoms with Crippen LogP contribution in [-0.4, -0.2) is 50.2 Å². The Morgan fingerprint density at radius 3 is 2.75 bits per heavy atom. The van der Waals surface area contributed by atoms with Crippen molar-refractivity contribution in [1.82, 2.24) is 10.2 Å². The van der Waals surface area contributed by atoms with Crippen LogP contribution in [0.4, 0.5) is 5.69 Å². The van der Waals surface area contributed by atoms with Gasteiger partial charge in [0.25, 0.3) is 0 Å². The van der Waals surface area contributed by atoms with E-state index in [1.165, 1.54) is 5.69 Å². The Morgan fingerprint density at radius 2 is 2.10 bits per heavy atom. The summed E-state index contributed by atoms with van der Waals surface area (Å²) in [7, 11) is 0. The smallest absolute Gasteiger partial charge is 0.0426 e. The van der Waals surface area contributed by atoms with E-state index in [1.54, 1.807) is 0 Å². The molecule has 1 aromatic carbocycles. The predicted molar refractivity (Wildman–Crippen MR) is 87.8 cm³/mol. The third-order valence-corrected chi connectivity index (χ3v) is 4.07. The first-order valence-corrected chi connectivity index (χ1v) is 7.64. The van der Waals surface area contributed by atoms with Crippen LogP contribution in [-0.2, 0) is 0 Å². The van der Waals surface area contributed by atoms with E-state index in [0.29, 0.717) is 6.04 Å². The highest BCUT2D eigenvalue weighted by molar-refractivity contribution is 6.30. The van der Waals surface area contributed by atoms with Crippen molar-refractivity contribution in [2.45, 2.75) is 13.0 Å². The summed E-state index contributed by atoms with van der Waals surface area (Å²) in [5.74, 6) is 0. The molecular formula is C16H24ClN3. The van der Waals surface area contributed by atoms with Gasteiger partial charge < -0.3 is 10.2 Å². The van der Waals surface area contributed by atoms with Gasteiger partial charge in [0.2, 0.25) is 0 Å².